The van der Waals surface area contributed by atoms with Crippen molar-refractivity contribution >= 4 is 33.2 Å². The fraction of sp³-hybridized carbons (Fsp3) is 0.381. The number of sulfonamides is 1. The fourth-order valence-electron chi connectivity index (χ4n) is 3.66. The van der Waals surface area contributed by atoms with E-state index in [0.717, 1.165) is 24.0 Å². The number of hydrogen-bond donors (Lipinski definition) is 1. The summed E-state index contributed by atoms with van der Waals surface area (Å²) in [6.07, 6.45) is 2.70. The maximum atomic E-state index is 12.8. The number of carbonyl (C=O) groups is 1. The van der Waals surface area contributed by atoms with E-state index in [1.165, 1.54) is 10.6 Å². The van der Waals surface area contributed by atoms with Crippen molar-refractivity contribution in [2.75, 3.05) is 37.7 Å². The molecule has 0 saturated heterocycles. The monoisotopic (exact) mass is 435 g/mol. The molecule has 0 aliphatic carbocycles. The number of rotatable bonds is 6. The Balaban J connectivity index is 1.77. The topological polar surface area (TPSA) is 69.7 Å². The fourth-order valence-corrected chi connectivity index (χ4v) is 4.91. The van der Waals surface area contributed by atoms with E-state index < -0.39 is 10.0 Å². The van der Waals surface area contributed by atoms with Crippen molar-refractivity contribution in [1.29, 1.82) is 0 Å². The molecule has 8 heteroatoms. The van der Waals surface area contributed by atoms with Crippen LogP contribution in [-0.2, 0) is 16.4 Å². The number of hydrogen-bond acceptors (Lipinski definition) is 4. The Morgan fingerprint density at radius 2 is 1.97 bits per heavy atom. The van der Waals surface area contributed by atoms with Crippen LogP contribution in [0.1, 0.15) is 33.9 Å². The molecule has 2 aromatic rings. The second kappa shape index (κ2) is 8.73. The van der Waals surface area contributed by atoms with E-state index in [-0.39, 0.29) is 11.9 Å². The van der Waals surface area contributed by atoms with Crippen LogP contribution in [0.25, 0.3) is 0 Å². The van der Waals surface area contributed by atoms with E-state index in [1.54, 1.807) is 18.2 Å². The van der Waals surface area contributed by atoms with Crippen LogP contribution in [0, 0.1) is 0 Å². The Labute approximate surface area is 177 Å². The van der Waals surface area contributed by atoms with Crippen LogP contribution in [0.3, 0.4) is 0 Å². The van der Waals surface area contributed by atoms with Crippen LogP contribution in [0.5, 0.6) is 0 Å². The van der Waals surface area contributed by atoms with Crippen molar-refractivity contribution < 1.29 is 13.2 Å². The molecule has 1 aliphatic heterocycles. The summed E-state index contributed by atoms with van der Waals surface area (Å²) in [5.74, 6) is -0.191. The summed E-state index contributed by atoms with van der Waals surface area (Å²) in [6, 6.07) is 12.7. The van der Waals surface area contributed by atoms with Crippen molar-refractivity contribution in [2.24, 2.45) is 0 Å². The van der Waals surface area contributed by atoms with Gasteiger partial charge in [-0.25, -0.2) is 8.42 Å². The molecule has 0 unspecified atom stereocenters. The molecule has 0 bridgehead atoms. The normalized spacial score (nSPS) is 15.1. The smallest absolute Gasteiger partial charge is 0.251 e. The summed E-state index contributed by atoms with van der Waals surface area (Å²) in [4.78, 5) is 14.8. The van der Waals surface area contributed by atoms with Gasteiger partial charge in [-0.05, 0) is 62.3 Å². The maximum absolute atomic E-state index is 12.8. The highest BCUT2D eigenvalue weighted by molar-refractivity contribution is 7.92. The lowest BCUT2D eigenvalue weighted by molar-refractivity contribution is 0.0942. The van der Waals surface area contributed by atoms with Gasteiger partial charge in [0.05, 0.1) is 18.0 Å². The molecule has 1 N–H and O–H groups in total. The number of likely N-dealkylation sites (N-methyl/N-ethyl adjacent to an activating group) is 1. The molecule has 3 rings (SSSR count). The number of nitrogens with zero attached hydrogens (tertiary/aromatic N) is 2. The Bertz CT molecular complexity index is 1010. The van der Waals surface area contributed by atoms with Crippen LogP contribution >= 0.6 is 11.6 Å². The standard InChI is InChI=1S/C21H26ClN3O3S/c1-24(2)20(17-8-4-5-9-18(17)22)14-23-21(26)16-10-11-19-15(13-16)7-6-12-25(19)29(3,27)28/h4-5,8-11,13,20H,6-7,12,14H2,1-3H3,(H,23,26)/t20-/m1/s1. The lowest BCUT2D eigenvalue weighted by Crippen LogP contribution is -2.36. The molecular formula is C21H26ClN3O3S. The second-order valence-corrected chi connectivity index (χ2v) is 9.81. The molecule has 0 saturated carbocycles. The maximum Gasteiger partial charge on any atom is 0.251 e. The number of nitrogens with one attached hydrogen (secondary N) is 1. The molecule has 6 nitrogen and oxygen atoms in total. The van der Waals surface area contributed by atoms with Crippen molar-refractivity contribution in [1.82, 2.24) is 10.2 Å². The molecule has 156 valence electrons. The number of benzene rings is 2. The van der Waals surface area contributed by atoms with Gasteiger partial charge in [-0.2, -0.15) is 0 Å². The Morgan fingerprint density at radius 1 is 1.24 bits per heavy atom. The van der Waals surface area contributed by atoms with Gasteiger partial charge in [0.15, 0.2) is 0 Å². The van der Waals surface area contributed by atoms with Gasteiger partial charge in [-0.1, -0.05) is 29.8 Å². The zero-order valence-corrected chi connectivity index (χ0v) is 18.4. The zero-order valence-electron chi connectivity index (χ0n) is 16.9. The number of carbonyl (C=O) groups excluding carboxylic acids is 1. The van der Waals surface area contributed by atoms with E-state index in [2.05, 4.69) is 5.32 Å². The van der Waals surface area contributed by atoms with E-state index in [0.29, 0.717) is 29.4 Å². The van der Waals surface area contributed by atoms with Crippen LogP contribution < -0.4 is 9.62 Å². The molecule has 1 atom stereocenters. The first-order valence-electron chi connectivity index (χ1n) is 9.48. The molecule has 1 amide bonds. The highest BCUT2D eigenvalue weighted by Gasteiger charge is 2.25. The summed E-state index contributed by atoms with van der Waals surface area (Å²) in [7, 11) is 0.563. The lowest BCUT2D eigenvalue weighted by atomic mass is 10.0. The number of amides is 1. The van der Waals surface area contributed by atoms with Crippen molar-refractivity contribution in [3.05, 3.63) is 64.2 Å². The molecule has 1 heterocycles. The van der Waals surface area contributed by atoms with Gasteiger partial charge in [-0.15, -0.1) is 0 Å². The molecule has 29 heavy (non-hydrogen) atoms. The van der Waals surface area contributed by atoms with Gasteiger partial charge >= 0.3 is 0 Å². The van der Waals surface area contributed by atoms with E-state index in [9.17, 15) is 13.2 Å². The number of aryl methyl sites for hydroxylation is 1. The van der Waals surface area contributed by atoms with Gasteiger partial charge in [0.25, 0.3) is 5.91 Å². The average molecular weight is 436 g/mol. The van der Waals surface area contributed by atoms with Gasteiger partial charge in [0.2, 0.25) is 10.0 Å². The largest absolute Gasteiger partial charge is 0.350 e. The van der Waals surface area contributed by atoms with Crippen molar-refractivity contribution in [3.8, 4) is 0 Å². The third-order valence-electron chi connectivity index (χ3n) is 5.16. The minimum absolute atomic E-state index is 0.0639. The Morgan fingerprint density at radius 3 is 2.62 bits per heavy atom. The first-order valence-corrected chi connectivity index (χ1v) is 11.7. The quantitative estimate of drug-likeness (QED) is 0.757. The summed E-state index contributed by atoms with van der Waals surface area (Å²) in [6.45, 7) is 0.877. The summed E-state index contributed by atoms with van der Waals surface area (Å²) < 4.78 is 25.4. The molecule has 0 fully saturated rings. The minimum Gasteiger partial charge on any atom is -0.350 e. The Hall–Kier alpha value is -2.09. The molecule has 0 radical (unpaired) electrons. The Kier molecular flexibility index (Phi) is 6.51. The number of anilines is 1. The summed E-state index contributed by atoms with van der Waals surface area (Å²) in [5.41, 5.74) is 3.02. The van der Waals surface area contributed by atoms with Gasteiger partial charge in [0, 0.05) is 23.7 Å². The van der Waals surface area contributed by atoms with E-state index in [4.69, 9.17) is 11.6 Å². The van der Waals surface area contributed by atoms with E-state index >= 15 is 0 Å². The zero-order chi connectivity index (χ0) is 21.2. The third-order valence-corrected chi connectivity index (χ3v) is 6.69. The third kappa shape index (κ3) is 4.91. The lowest BCUT2D eigenvalue weighted by Gasteiger charge is -2.29. The highest BCUT2D eigenvalue weighted by atomic mass is 35.5. The van der Waals surface area contributed by atoms with Crippen LogP contribution in [0.2, 0.25) is 5.02 Å². The molecular weight excluding hydrogens is 410 g/mol. The van der Waals surface area contributed by atoms with Crippen LogP contribution in [0.4, 0.5) is 5.69 Å². The average Bonchev–Trinajstić information content (AvgIpc) is 2.67. The molecule has 2 aromatic carbocycles. The minimum atomic E-state index is -3.32. The first-order chi connectivity index (χ1) is 13.7. The van der Waals surface area contributed by atoms with Crippen LogP contribution in [-0.4, -0.2) is 52.7 Å². The molecule has 1 aliphatic rings. The SMILES string of the molecule is CN(C)[C@H](CNC(=O)c1ccc2c(c1)CCCN2S(C)(=O)=O)c1ccccc1Cl. The van der Waals surface area contributed by atoms with Crippen molar-refractivity contribution in [3.63, 3.8) is 0 Å². The van der Waals surface area contributed by atoms with E-state index in [1.807, 2.05) is 43.3 Å². The molecule has 0 aromatic heterocycles. The van der Waals surface area contributed by atoms with Gasteiger partial charge in [-0.3, -0.25) is 9.10 Å². The number of fused-ring (bicyclic) bond motifs is 1. The summed E-state index contributed by atoms with van der Waals surface area (Å²) in [5, 5.41) is 3.65. The van der Waals surface area contributed by atoms with Gasteiger partial charge < -0.3 is 10.2 Å². The summed E-state index contributed by atoms with van der Waals surface area (Å²) >= 11 is 6.33. The highest BCUT2D eigenvalue weighted by Crippen LogP contribution is 2.30. The first kappa shape index (κ1) is 21.6. The van der Waals surface area contributed by atoms with Crippen molar-refractivity contribution in [2.45, 2.75) is 18.9 Å². The number of halogens is 1. The second-order valence-electron chi connectivity index (χ2n) is 7.49. The predicted molar refractivity (Wildman–Crippen MR) is 117 cm³/mol. The van der Waals surface area contributed by atoms with Gasteiger partial charge in [0.1, 0.15) is 0 Å². The van der Waals surface area contributed by atoms with Crippen LogP contribution in [0.15, 0.2) is 42.5 Å². The predicted octanol–water partition coefficient (Wildman–Crippen LogP) is 3.08. The molecule has 0 spiro atoms.